The highest BCUT2D eigenvalue weighted by Crippen LogP contribution is 2.24. The maximum atomic E-state index is 4.40. The van der Waals surface area contributed by atoms with E-state index in [1.54, 1.807) is 11.8 Å². The molecule has 3 rings (SSSR count). The summed E-state index contributed by atoms with van der Waals surface area (Å²) in [5.41, 5.74) is 3.30. The zero-order chi connectivity index (χ0) is 11.7. The molecule has 0 unspecified atom stereocenters. The largest absolute Gasteiger partial charge is 0.346 e. The van der Waals surface area contributed by atoms with Gasteiger partial charge in [0.15, 0.2) is 0 Å². The van der Waals surface area contributed by atoms with Crippen LogP contribution in [0.4, 0.5) is 0 Å². The second kappa shape index (κ2) is 4.26. The van der Waals surface area contributed by atoms with Gasteiger partial charge in [-0.15, -0.1) is 11.8 Å². The van der Waals surface area contributed by atoms with Crippen molar-refractivity contribution in [3.8, 4) is 11.1 Å². The summed E-state index contributed by atoms with van der Waals surface area (Å²) in [6.07, 6.45) is 5.91. The predicted molar refractivity (Wildman–Crippen MR) is 73.3 cm³/mol. The first-order valence-electron chi connectivity index (χ1n) is 5.44. The number of fused-ring (bicyclic) bond motifs is 1. The van der Waals surface area contributed by atoms with Crippen molar-refractivity contribution >= 4 is 22.8 Å². The van der Waals surface area contributed by atoms with E-state index in [-0.39, 0.29) is 0 Å². The molecule has 0 radical (unpaired) electrons. The van der Waals surface area contributed by atoms with Crippen molar-refractivity contribution in [2.75, 3.05) is 6.26 Å². The van der Waals surface area contributed by atoms with Gasteiger partial charge < -0.3 is 4.98 Å². The van der Waals surface area contributed by atoms with E-state index in [0.717, 1.165) is 16.6 Å². The number of hydrogen-bond donors (Lipinski definition) is 1. The van der Waals surface area contributed by atoms with E-state index in [1.165, 1.54) is 10.5 Å². The van der Waals surface area contributed by atoms with Crippen LogP contribution in [0.2, 0.25) is 0 Å². The van der Waals surface area contributed by atoms with Gasteiger partial charge in [-0.3, -0.25) is 0 Å². The number of aromatic nitrogens is 2. The molecule has 0 saturated heterocycles. The van der Waals surface area contributed by atoms with E-state index in [1.807, 2.05) is 18.5 Å². The molecule has 0 amide bonds. The van der Waals surface area contributed by atoms with Crippen LogP contribution in [-0.4, -0.2) is 16.2 Å². The summed E-state index contributed by atoms with van der Waals surface area (Å²) in [4.78, 5) is 8.78. The summed E-state index contributed by atoms with van der Waals surface area (Å²) in [5.74, 6) is 0. The zero-order valence-electron chi connectivity index (χ0n) is 9.47. The van der Waals surface area contributed by atoms with Crippen molar-refractivity contribution in [1.82, 2.24) is 9.97 Å². The van der Waals surface area contributed by atoms with Crippen LogP contribution in [0.25, 0.3) is 22.2 Å². The fourth-order valence-electron chi connectivity index (χ4n) is 1.88. The minimum absolute atomic E-state index is 0.939. The van der Waals surface area contributed by atoms with Crippen molar-refractivity contribution in [1.29, 1.82) is 0 Å². The highest BCUT2D eigenvalue weighted by atomic mass is 32.2. The monoisotopic (exact) mass is 240 g/mol. The number of hydrogen-bond acceptors (Lipinski definition) is 2. The number of thioether (sulfide) groups is 1. The molecular weight excluding hydrogens is 228 g/mol. The Morgan fingerprint density at radius 1 is 1.06 bits per heavy atom. The van der Waals surface area contributed by atoms with Gasteiger partial charge in [0.1, 0.15) is 5.65 Å². The zero-order valence-corrected chi connectivity index (χ0v) is 10.3. The molecule has 0 bridgehead atoms. The van der Waals surface area contributed by atoms with Crippen LogP contribution in [0.15, 0.2) is 53.7 Å². The molecule has 2 aromatic heterocycles. The van der Waals surface area contributed by atoms with E-state index in [2.05, 4.69) is 46.6 Å². The molecule has 2 heterocycles. The Labute approximate surface area is 104 Å². The number of H-pyrrole nitrogens is 1. The highest BCUT2D eigenvalue weighted by molar-refractivity contribution is 7.98. The molecule has 0 spiro atoms. The Hall–Kier alpha value is -1.74. The summed E-state index contributed by atoms with van der Waals surface area (Å²) in [6.45, 7) is 0. The first kappa shape index (κ1) is 10.4. The van der Waals surface area contributed by atoms with E-state index in [0.29, 0.717) is 0 Å². The van der Waals surface area contributed by atoms with Crippen molar-refractivity contribution in [2.45, 2.75) is 4.90 Å². The first-order chi connectivity index (χ1) is 8.36. The van der Waals surface area contributed by atoms with E-state index in [4.69, 9.17) is 0 Å². The smallest absolute Gasteiger partial charge is 0.137 e. The van der Waals surface area contributed by atoms with Crippen LogP contribution in [-0.2, 0) is 0 Å². The Balaban J connectivity index is 2.06. The molecule has 0 aliphatic carbocycles. The molecule has 0 aliphatic rings. The highest BCUT2D eigenvalue weighted by Gasteiger charge is 2.01. The number of aromatic amines is 1. The molecule has 3 aromatic rings. The Bertz CT molecular complexity index is 641. The molecule has 1 N–H and O–H groups in total. The minimum Gasteiger partial charge on any atom is -0.346 e. The summed E-state index contributed by atoms with van der Waals surface area (Å²) in [5, 5.41) is 1.15. The summed E-state index contributed by atoms with van der Waals surface area (Å²) in [6, 6.07) is 12.8. The van der Waals surface area contributed by atoms with Gasteiger partial charge in [0, 0.05) is 28.2 Å². The summed E-state index contributed by atoms with van der Waals surface area (Å²) >= 11 is 1.76. The van der Waals surface area contributed by atoms with E-state index in [9.17, 15) is 0 Å². The van der Waals surface area contributed by atoms with Gasteiger partial charge in [0.05, 0.1) is 0 Å². The maximum absolute atomic E-state index is 4.40. The molecule has 0 saturated carbocycles. The lowest BCUT2D eigenvalue weighted by molar-refractivity contribution is 1.32. The second-order valence-electron chi connectivity index (χ2n) is 3.87. The second-order valence-corrected chi connectivity index (χ2v) is 4.75. The molecule has 0 atom stereocenters. The number of benzene rings is 1. The van der Waals surface area contributed by atoms with E-state index < -0.39 is 0 Å². The molecule has 17 heavy (non-hydrogen) atoms. The molecule has 0 fully saturated rings. The third kappa shape index (κ3) is 1.94. The van der Waals surface area contributed by atoms with Crippen molar-refractivity contribution in [2.24, 2.45) is 0 Å². The van der Waals surface area contributed by atoms with Gasteiger partial charge in [-0.25, -0.2) is 4.98 Å². The first-order valence-corrected chi connectivity index (χ1v) is 6.67. The summed E-state index contributed by atoms with van der Waals surface area (Å²) in [7, 11) is 0. The Kier molecular flexibility index (Phi) is 2.61. The fourth-order valence-corrected chi connectivity index (χ4v) is 2.29. The lowest BCUT2D eigenvalue weighted by atomic mass is 10.1. The number of rotatable bonds is 2. The van der Waals surface area contributed by atoms with Crippen LogP contribution in [0, 0.1) is 0 Å². The van der Waals surface area contributed by atoms with Gasteiger partial charge in [0.25, 0.3) is 0 Å². The third-order valence-corrected chi connectivity index (χ3v) is 3.57. The topological polar surface area (TPSA) is 28.7 Å². The van der Waals surface area contributed by atoms with Gasteiger partial charge in [-0.1, -0.05) is 12.1 Å². The maximum Gasteiger partial charge on any atom is 0.137 e. The van der Waals surface area contributed by atoms with Crippen LogP contribution < -0.4 is 0 Å². The van der Waals surface area contributed by atoms with Crippen LogP contribution in [0.1, 0.15) is 0 Å². The summed E-state index contributed by atoms with van der Waals surface area (Å²) < 4.78 is 0. The van der Waals surface area contributed by atoms with Gasteiger partial charge in [-0.05, 0) is 36.1 Å². The van der Waals surface area contributed by atoms with Crippen LogP contribution in [0.5, 0.6) is 0 Å². The molecule has 2 nitrogen and oxygen atoms in total. The van der Waals surface area contributed by atoms with Crippen molar-refractivity contribution < 1.29 is 0 Å². The molecule has 0 aliphatic heterocycles. The standard InChI is InChI=1S/C14H12N2S/c1-17-13-4-2-10(3-5-13)12-8-11-6-7-15-14(11)16-9-12/h2-9H,1H3,(H,15,16). The van der Waals surface area contributed by atoms with Crippen LogP contribution >= 0.6 is 11.8 Å². The molecule has 1 aromatic carbocycles. The Morgan fingerprint density at radius 2 is 1.88 bits per heavy atom. The van der Waals surface area contributed by atoms with Crippen LogP contribution in [0.3, 0.4) is 0 Å². The molecular formula is C14H12N2S. The number of nitrogens with zero attached hydrogens (tertiary/aromatic N) is 1. The lowest BCUT2D eigenvalue weighted by Crippen LogP contribution is -1.81. The van der Waals surface area contributed by atoms with E-state index >= 15 is 0 Å². The fraction of sp³-hybridized carbons (Fsp3) is 0.0714. The number of pyridine rings is 1. The Morgan fingerprint density at radius 3 is 2.65 bits per heavy atom. The molecule has 84 valence electrons. The minimum atomic E-state index is 0.939. The average molecular weight is 240 g/mol. The quantitative estimate of drug-likeness (QED) is 0.687. The van der Waals surface area contributed by atoms with Gasteiger partial charge in [0.2, 0.25) is 0 Å². The van der Waals surface area contributed by atoms with Gasteiger partial charge in [-0.2, -0.15) is 0 Å². The van der Waals surface area contributed by atoms with Crippen molar-refractivity contribution in [3.05, 3.63) is 48.8 Å². The van der Waals surface area contributed by atoms with Gasteiger partial charge >= 0.3 is 0 Å². The third-order valence-electron chi connectivity index (χ3n) is 2.82. The SMILES string of the molecule is CSc1ccc(-c2cnc3[nH]ccc3c2)cc1. The normalized spacial score (nSPS) is 10.9. The predicted octanol–water partition coefficient (Wildman–Crippen LogP) is 3.95. The lowest BCUT2D eigenvalue weighted by Gasteiger charge is -2.02. The molecule has 3 heteroatoms. The average Bonchev–Trinajstić information content (AvgIpc) is 2.86. The van der Waals surface area contributed by atoms with Crippen molar-refractivity contribution in [3.63, 3.8) is 0 Å². The number of nitrogens with one attached hydrogen (secondary N) is 1.